The zero-order valence-electron chi connectivity index (χ0n) is 20.4. The number of hydrogen-bond donors (Lipinski definition) is 1. The summed E-state index contributed by atoms with van der Waals surface area (Å²) >= 11 is 0. The van der Waals surface area contributed by atoms with Crippen LogP contribution in [-0.2, 0) is 22.6 Å². The van der Waals surface area contributed by atoms with E-state index < -0.39 is 41.2 Å². The van der Waals surface area contributed by atoms with Gasteiger partial charge in [0.1, 0.15) is 11.3 Å². The molecule has 3 aromatic rings. The Hall–Kier alpha value is -3.73. The van der Waals surface area contributed by atoms with Gasteiger partial charge >= 0.3 is 18.4 Å². The Kier molecular flexibility index (Phi) is 7.33. The van der Waals surface area contributed by atoms with Gasteiger partial charge in [0.2, 0.25) is 0 Å². The molecule has 1 aliphatic rings. The summed E-state index contributed by atoms with van der Waals surface area (Å²) in [5, 5.41) is 2.91. The molecular formula is C27H24F6N2O3. The molecule has 0 spiro atoms. The van der Waals surface area contributed by atoms with Gasteiger partial charge in [0, 0.05) is 0 Å². The van der Waals surface area contributed by atoms with Crippen molar-refractivity contribution in [3.63, 3.8) is 0 Å². The minimum atomic E-state index is -4.98. The molecule has 0 aliphatic carbocycles. The lowest BCUT2D eigenvalue weighted by Crippen LogP contribution is -2.45. The first-order valence-corrected chi connectivity index (χ1v) is 11.5. The third-order valence-electron chi connectivity index (χ3n) is 6.38. The van der Waals surface area contributed by atoms with Crippen molar-refractivity contribution in [2.75, 3.05) is 25.2 Å². The van der Waals surface area contributed by atoms with E-state index in [4.69, 9.17) is 9.47 Å². The molecule has 3 aromatic carbocycles. The van der Waals surface area contributed by atoms with Gasteiger partial charge in [0.05, 0.1) is 43.2 Å². The van der Waals surface area contributed by atoms with Crippen molar-refractivity contribution in [1.82, 2.24) is 5.32 Å². The van der Waals surface area contributed by atoms with Crippen molar-refractivity contribution in [3.05, 3.63) is 95.1 Å². The van der Waals surface area contributed by atoms with Crippen molar-refractivity contribution >= 4 is 11.7 Å². The van der Waals surface area contributed by atoms with Crippen LogP contribution in [0.4, 0.5) is 36.8 Å². The number of alkyl halides is 6. The van der Waals surface area contributed by atoms with Gasteiger partial charge < -0.3 is 14.8 Å². The quantitative estimate of drug-likeness (QED) is 0.332. The third-order valence-corrected chi connectivity index (χ3v) is 6.38. The SMILES string of the molecule is COc1ccccc1N1C[C@@](CO[C@H](C)c2cc(C(F)(F)F)cc(C(F)(F)F)c2)(c2ccccc2)NC1=O. The van der Waals surface area contributed by atoms with Crippen LogP contribution in [0, 0.1) is 0 Å². The lowest BCUT2D eigenvalue weighted by atomic mass is 9.91. The number of ether oxygens (including phenoxy) is 2. The number of methoxy groups -OCH3 is 1. The van der Waals surface area contributed by atoms with E-state index >= 15 is 0 Å². The molecule has 1 fully saturated rings. The van der Waals surface area contributed by atoms with Gasteiger partial charge in [-0.1, -0.05) is 42.5 Å². The number of nitrogens with one attached hydrogen (secondary N) is 1. The number of rotatable bonds is 7. The summed E-state index contributed by atoms with van der Waals surface area (Å²) in [4.78, 5) is 14.6. The van der Waals surface area contributed by atoms with Gasteiger partial charge in [-0.3, -0.25) is 4.90 Å². The van der Waals surface area contributed by atoms with Crippen LogP contribution in [0.2, 0.25) is 0 Å². The molecule has 38 heavy (non-hydrogen) atoms. The van der Waals surface area contributed by atoms with Crippen LogP contribution in [-0.4, -0.2) is 26.3 Å². The maximum absolute atomic E-state index is 13.4. The maximum atomic E-state index is 13.4. The molecule has 202 valence electrons. The number of nitrogens with zero attached hydrogens (tertiary/aromatic N) is 1. The first-order valence-electron chi connectivity index (χ1n) is 11.5. The molecule has 0 bridgehead atoms. The van der Waals surface area contributed by atoms with E-state index in [1.54, 1.807) is 54.6 Å². The van der Waals surface area contributed by atoms with Crippen LogP contribution in [0.5, 0.6) is 5.75 Å². The van der Waals surface area contributed by atoms with E-state index in [9.17, 15) is 31.1 Å². The van der Waals surface area contributed by atoms with Gasteiger partial charge in [0.25, 0.3) is 0 Å². The molecule has 0 aromatic heterocycles. The Morgan fingerprint density at radius 3 is 2.08 bits per heavy atom. The Bertz CT molecular complexity index is 1260. The Morgan fingerprint density at radius 1 is 0.921 bits per heavy atom. The van der Waals surface area contributed by atoms with Crippen molar-refractivity contribution in [3.8, 4) is 5.75 Å². The summed E-state index contributed by atoms with van der Waals surface area (Å²) in [6.45, 7) is 1.20. The average molecular weight is 538 g/mol. The molecule has 1 heterocycles. The van der Waals surface area contributed by atoms with Crippen LogP contribution in [0.3, 0.4) is 0 Å². The Balaban J connectivity index is 1.66. The van der Waals surface area contributed by atoms with E-state index in [2.05, 4.69) is 5.32 Å². The minimum absolute atomic E-state index is 0.0688. The normalized spacial score (nSPS) is 18.8. The van der Waals surface area contributed by atoms with Crippen molar-refractivity contribution in [2.24, 2.45) is 0 Å². The molecule has 2 atom stereocenters. The zero-order chi connectivity index (χ0) is 27.7. The summed E-state index contributed by atoms with van der Waals surface area (Å²) in [7, 11) is 1.46. The molecule has 0 saturated carbocycles. The van der Waals surface area contributed by atoms with Gasteiger partial charge in [-0.05, 0) is 48.4 Å². The van der Waals surface area contributed by atoms with Crippen LogP contribution < -0.4 is 15.0 Å². The summed E-state index contributed by atoms with van der Waals surface area (Å²) in [5.41, 5.74) is -3.15. The monoisotopic (exact) mass is 538 g/mol. The van der Waals surface area contributed by atoms with Gasteiger partial charge in [-0.2, -0.15) is 26.3 Å². The van der Waals surface area contributed by atoms with Crippen LogP contribution in [0.15, 0.2) is 72.8 Å². The molecule has 0 unspecified atom stereocenters. The average Bonchev–Trinajstić information content (AvgIpc) is 3.23. The van der Waals surface area contributed by atoms with E-state index in [1.807, 2.05) is 0 Å². The fraction of sp³-hybridized carbons (Fsp3) is 0.296. The highest BCUT2D eigenvalue weighted by Gasteiger charge is 2.46. The number of anilines is 1. The number of hydrogen-bond acceptors (Lipinski definition) is 3. The number of halogens is 6. The standard InChI is InChI=1S/C27H24F6N2O3/c1-17(18-12-20(26(28,29)30)14-21(13-18)27(31,32)33)38-16-25(19-8-4-3-5-9-19)15-35(24(36)34-25)22-10-6-7-11-23(22)37-2/h3-14,17H,15-16H2,1-2H3,(H,34,36)/t17-,25-/m1/s1. The van der Waals surface area contributed by atoms with Gasteiger partial charge in [-0.15, -0.1) is 0 Å². The van der Waals surface area contributed by atoms with Crippen molar-refractivity contribution in [1.29, 1.82) is 0 Å². The molecule has 4 rings (SSSR count). The summed E-state index contributed by atoms with van der Waals surface area (Å²) in [6.07, 6.45) is -11.1. The second kappa shape index (κ2) is 10.2. The summed E-state index contributed by atoms with van der Waals surface area (Å²) in [6, 6.07) is 16.6. The number of para-hydroxylation sites is 2. The first-order chi connectivity index (χ1) is 17.8. The molecule has 11 heteroatoms. The lowest BCUT2D eigenvalue weighted by molar-refractivity contribution is -0.143. The second-order valence-corrected chi connectivity index (χ2v) is 8.93. The molecular weight excluding hydrogens is 514 g/mol. The lowest BCUT2D eigenvalue weighted by Gasteiger charge is -2.31. The molecule has 1 saturated heterocycles. The van der Waals surface area contributed by atoms with Crippen LogP contribution >= 0.6 is 0 Å². The molecule has 5 nitrogen and oxygen atoms in total. The summed E-state index contributed by atoms with van der Waals surface area (Å²) in [5.74, 6) is 0.449. The van der Waals surface area contributed by atoms with Gasteiger partial charge in [0.15, 0.2) is 0 Å². The number of urea groups is 1. The maximum Gasteiger partial charge on any atom is 0.416 e. The fourth-order valence-electron chi connectivity index (χ4n) is 4.36. The highest BCUT2D eigenvalue weighted by molar-refractivity contribution is 5.97. The third kappa shape index (κ3) is 5.57. The Labute approximate surface area is 215 Å². The minimum Gasteiger partial charge on any atom is -0.495 e. The van der Waals surface area contributed by atoms with Crippen molar-refractivity contribution in [2.45, 2.75) is 30.9 Å². The smallest absolute Gasteiger partial charge is 0.416 e. The van der Waals surface area contributed by atoms with Crippen LogP contribution in [0.1, 0.15) is 35.3 Å². The highest BCUT2D eigenvalue weighted by atomic mass is 19.4. The van der Waals surface area contributed by atoms with E-state index in [1.165, 1.54) is 18.9 Å². The number of carbonyl (C=O) groups excluding carboxylic acids is 1. The molecule has 1 N–H and O–H groups in total. The first kappa shape index (κ1) is 27.3. The predicted molar refractivity (Wildman–Crippen MR) is 128 cm³/mol. The second-order valence-electron chi connectivity index (χ2n) is 8.93. The molecule has 0 radical (unpaired) electrons. The van der Waals surface area contributed by atoms with Gasteiger partial charge in [-0.25, -0.2) is 4.79 Å². The van der Waals surface area contributed by atoms with Crippen LogP contribution in [0.25, 0.3) is 0 Å². The number of carbonyl (C=O) groups is 1. The predicted octanol–water partition coefficient (Wildman–Crippen LogP) is 6.94. The van der Waals surface area contributed by atoms with E-state index in [0.29, 0.717) is 29.1 Å². The molecule has 2 amide bonds. The van der Waals surface area contributed by atoms with E-state index in [-0.39, 0.29) is 24.8 Å². The fourth-order valence-corrected chi connectivity index (χ4v) is 4.36. The van der Waals surface area contributed by atoms with E-state index in [0.717, 1.165) is 0 Å². The van der Waals surface area contributed by atoms with Crippen molar-refractivity contribution < 1.29 is 40.6 Å². The zero-order valence-corrected chi connectivity index (χ0v) is 20.4. The summed E-state index contributed by atoms with van der Waals surface area (Å²) < 4.78 is 91.4. The number of benzene rings is 3. The Morgan fingerprint density at radius 2 is 1.50 bits per heavy atom. The number of amides is 2. The molecule has 1 aliphatic heterocycles. The highest BCUT2D eigenvalue weighted by Crippen LogP contribution is 2.39. The topological polar surface area (TPSA) is 50.8 Å². The largest absolute Gasteiger partial charge is 0.495 e.